The molecule has 0 N–H and O–H groups in total. The fraction of sp³-hybridized carbons (Fsp3) is 0.944. The molecule has 0 spiro atoms. The van der Waals surface area contributed by atoms with Crippen LogP contribution < -0.4 is 0 Å². The van der Waals surface area contributed by atoms with E-state index in [4.69, 9.17) is 0 Å². The smallest absolute Gasteiger partial charge is 0.298 e. The summed E-state index contributed by atoms with van der Waals surface area (Å²) >= 11 is 0. The van der Waals surface area contributed by atoms with Crippen molar-refractivity contribution in [3.05, 3.63) is 0 Å². The predicted molar refractivity (Wildman–Crippen MR) is 107 cm³/mol. The lowest BCUT2D eigenvalue weighted by Crippen LogP contribution is -2.63. The lowest BCUT2D eigenvalue weighted by molar-refractivity contribution is -0.382. The van der Waals surface area contributed by atoms with Crippen molar-refractivity contribution >= 4 is 26.2 Å². The monoisotopic (exact) mass is 544 g/mol. The van der Waals surface area contributed by atoms with Crippen LogP contribution in [0.5, 0.6) is 0 Å². The van der Waals surface area contributed by atoms with Crippen molar-refractivity contribution in [2.24, 2.45) is 5.41 Å². The quantitative estimate of drug-likeness (QED) is 0.242. The number of carbonyl (C=O) groups is 1. The third kappa shape index (κ3) is 6.92. The molecule has 0 aromatic rings. The van der Waals surface area contributed by atoms with Gasteiger partial charge in [-0.15, -0.1) is 10.3 Å². The van der Waals surface area contributed by atoms with E-state index in [-0.39, 0.29) is 24.3 Å². The van der Waals surface area contributed by atoms with Gasteiger partial charge in [0.2, 0.25) is 0 Å². The number of unbranched alkanes of at least 4 members (excludes halogenated alkanes) is 2. The number of alkyl halides is 9. The third-order valence-corrected chi connectivity index (χ3v) is 10.2. The Balaban J connectivity index is 6.61. The molecule has 33 heavy (non-hydrogen) atoms. The Morgan fingerprint density at radius 2 is 1.15 bits per heavy atom. The van der Waals surface area contributed by atoms with E-state index in [1.165, 1.54) is 20.8 Å². The maximum atomic E-state index is 14.2. The molecule has 0 unspecified atom stereocenters. The van der Waals surface area contributed by atoms with Crippen LogP contribution in [-0.4, -0.2) is 54.7 Å². The molecule has 0 rings (SSSR count). The standard InChI is InChI=1S/C18H29F9O4S2/c1-6-8-10-32(11-9-7-2,12-13(28)14(3,4)5)31-33(29,30)18(26,27)16(21,22)15(19,20)17(23,24)25/h6-12H2,1-5H3. The van der Waals surface area contributed by atoms with Gasteiger partial charge in [0.1, 0.15) is 5.78 Å². The third-order valence-electron chi connectivity index (χ3n) is 4.63. The maximum absolute atomic E-state index is 14.2. The van der Waals surface area contributed by atoms with Crippen LogP contribution in [0.15, 0.2) is 0 Å². The van der Waals surface area contributed by atoms with Crippen molar-refractivity contribution < 1.29 is 56.4 Å². The lowest BCUT2D eigenvalue weighted by atomic mass is 9.92. The van der Waals surface area contributed by atoms with Crippen molar-refractivity contribution in [2.75, 3.05) is 17.3 Å². The minimum Gasteiger partial charge on any atom is -0.298 e. The molecule has 0 aromatic carbocycles. The van der Waals surface area contributed by atoms with E-state index in [0.29, 0.717) is 12.8 Å². The van der Waals surface area contributed by atoms with Crippen LogP contribution in [0.3, 0.4) is 0 Å². The fourth-order valence-corrected chi connectivity index (χ4v) is 8.43. The first-order valence-electron chi connectivity index (χ1n) is 9.91. The molecule has 15 heteroatoms. The van der Waals surface area contributed by atoms with E-state index >= 15 is 0 Å². The highest BCUT2D eigenvalue weighted by Crippen LogP contribution is 2.59. The van der Waals surface area contributed by atoms with Crippen molar-refractivity contribution in [1.29, 1.82) is 0 Å². The molecule has 0 atom stereocenters. The summed E-state index contributed by atoms with van der Waals surface area (Å²) in [5, 5.41) is -6.94. The topological polar surface area (TPSA) is 60.4 Å². The van der Waals surface area contributed by atoms with Crippen molar-refractivity contribution in [3.8, 4) is 0 Å². The number of halogens is 9. The van der Waals surface area contributed by atoms with Gasteiger partial charge in [-0.05, 0) is 12.8 Å². The van der Waals surface area contributed by atoms with Gasteiger partial charge in [-0.3, -0.25) is 4.79 Å². The summed E-state index contributed by atoms with van der Waals surface area (Å²) in [7, 11) is -10.5. The molecule has 0 fully saturated rings. The summed E-state index contributed by atoms with van der Waals surface area (Å²) in [5.41, 5.74) is -1.13. The van der Waals surface area contributed by atoms with Crippen molar-refractivity contribution in [3.63, 3.8) is 0 Å². The fourth-order valence-electron chi connectivity index (χ4n) is 2.36. The Morgan fingerprint density at radius 1 is 0.758 bits per heavy atom. The number of Topliss-reactive ketones (excluding diaryl/α,β-unsaturated/α-hetero) is 1. The molecule has 0 bridgehead atoms. The summed E-state index contributed by atoms with van der Waals surface area (Å²) in [5.74, 6) is -16.9. The molecular formula is C18H29F9O4S2. The highest BCUT2D eigenvalue weighted by atomic mass is 32.3. The van der Waals surface area contributed by atoms with Gasteiger partial charge in [-0.1, -0.05) is 47.5 Å². The summed E-state index contributed by atoms with van der Waals surface area (Å²) in [6.45, 7) is 7.47. The van der Waals surface area contributed by atoms with Gasteiger partial charge >= 0.3 is 33.4 Å². The van der Waals surface area contributed by atoms with Gasteiger partial charge in [-0.2, -0.15) is 47.9 Å². The second kappa shape index (κ2) is 10.5. The minimum atomic E-state index is -7.38. The first kappa shape index (κ1) is 32.3. The lowest BCUT2D eigenvalue weighted by Gasteiger charge is -2.41. The number of rotatable bonds is 13. The molecule has 0 aliphatic rings. The molecule has 0 aliphatic carbocycles. The molecule has 0 amide bonds. The van der Waals surface area contributed by atoms with E-state index in [1.54, 1.807) is 13.8 Å². The molecule has 0 radical (unpaired) electrons. The first-order valence-corrected chi connectivity index (χ1v) is 13.4. The average Bonchev–Trinajstić information content (AvgIpc) is 2.62. The molecule has 0 aromatic heterocycles. The second-order valence-corrected chi connectivity index (χ2v) is 13.6. The van der Waals surface area contributed by atoms with Crippen LogP contribution in [0.1, 0.15) is 60.3 Å². The van der Waals surface area contributed by atoms with Crippen LogP contribution in [0, 0.1) is 5.41 Å². The van der Waals surface area contributed by atoms with Gasteiger partial charge < -0.3 is 0 Å². The van der Waals surface area contributed by atoms with E-state index in [1.807, 2.05) is 0 Å². The molecule has 200 valence electrons. The molecular weight excluding hydrogens is 515 g/mol. The van der Waals surface area contributed by atoms with Crippen molar-refractivity contribution in [1.82, 2.24) is 0 Å². The van der Waals surface area contributed by atoms with E-state index in [0.717, 1.165) is 0 Å². The molecule has 0 saturated heterocycles. The van der Waals surface area contributed by atoms with Gasteiger partial charge in [0.25, 0.3) is 0 Å². The van der Waals surface area contributed by atoms with Crippen LogP contribution in [0.2, 0.25) is 0 Å². The molecule has 0 saturated carbocycles. The summed E-state index contributed by atoms with van der Waals surface area (Å²) < 4.78 is 148. The summed E-state index contributed by atoms with van der Waals surface area (Å²) in [6, 6.07) is 0. The number of ketones is 1. The zero-order valence-electron chi connectivity index (χ0n) is 18.8. The Morgan fingerprint density at radius 3 is 1.45 bits per heavy atom. The van der Waals surface area contributed by atoms with Crippen LogP contribution in [-0.2, 0) is 18.5 Å². The van der Waals surface area contributed by atoms with Gasteiger partial charge in [0, 0.05) is 16.9 Å². The van der Waals surface area contributed by atoms with Crippen LogP contribution in [0.25, 0.3) is 0 Å². The number of hydrogen-bond acceptors (Lipinski definition) is 4. The Hall–Kier alpha value is -0.700. The largest absolute Gasteiger partial charge is 0.460 e. The summed E-state index contributed by atoms with van der Waals surface area (Å²) in [4.78, 5) is 12.6. The van der Waals surface area contributed by atoms with Gasteiger partial charge in [-0.25, -0.2) is 3.63 Å². The van der Waals surface area contributed by atoms with Gasteiger partial charge in [0.15, 0.2) is 0 Å². The zero-order chi connectivity index (χ0) is 26.7. The Kier molecular flexibility index (Phi) is 10.3. The van der Waals surface area contributed by atoms with Crippen LogP contribution >= 0.6 is 10.3 Å². The first-order chi connectivity index (χ1) is 14.5. The molecule has 0 aliphatic heterocycles. The highest BCUT2D eigenvalue weighted by Gasteiger charge is 2.86. The average molecular weight is 545 g/mol. The maximum Gasteiger partial charge on any atom is 0.460 e. The number of hydrogen-bond donors (Lipinski definition) is 0. The SMILES string of the molecule is CCCCS(CCCC)(CC(=O)C(C)(C)C)OS(=O)(=O)C(F)(F)C(F)(F)C(F)(F)C(F)(F)F. The highest BCUT2D eigenvalue weighted by molar-refractivity contribution is 8.33. The molecule has 0 heterocycles. The zero-order valence-corrected chi connectivity index (χ0v) is 20.4. The van der Waals surface area contributed by atoms with Crippen LogP contribution in [0.4, 0.5) is 39.5 Å². The van der Waals surface area contributed by atoms with E-state index in [9.17, 15) is 52.7 Å². The second-order valence-electron chi connectivity index (χ2n) is 8.58. The number of carbonyl (C=O) groups excluding carboxylic acids is 1. The normalized spacial score (nSPS) is 15.6. The van der Waals surface area contributed by atoms with Crippen molar-refractivity contribution in [2.45, 2.75) is 83.6 Å². The Labute approximate surface area is 189 Å². The minimum absolute atomic E-state index is 0.104. The summed E-state index contributed by atoms with van der Waals surface area (Å²) in [6.07, 6.45) is -6.29. The predicted octanol–water partition coefficient (Wildman–Crippen LogP) is 6.69. The van der Waals surface area contributed by atoms with Gasteiger partial charge in [0.05, 0.1) is 5.75 Å². The van der Waals surface area contributed by atoms with E-state index in [2.05, 4.69) is 3.63 Å². The van der Waals surface area contributed by atoms with E-state index < -0.39 is 60.7 Å². The molecule has 4 nitrogen and oxygen atoms in total. The Bertz CT molecular complexity index is 765.